The number of hydrogen-bond donors (Lipinski definition) is 1. The molecule has 1 heterocycles. The highest BCUT2D eigenvalue weighted by molar-refractivity contribution is 5.92. The number of carbonyl (C=O) groups is 2. The fourth-order valence-electron chi connectivity index (χ4n) is 2.90. The van der Waals surface area contributed by atoms with E-state index in [4.69, 9.17) is 5.73 Å². The van der Waals surface area contributed by atoms with Gasteiger partial charge < -0.3 is 15.8 Å². The maximum absolute atomic E-state index is 13.1. The van der Waals surface area contributed by atoms with Crippen LogP contribution in [0.25, 0.3) is 0 Å². The van der Waals surface area contributed by atoms with E-state index in [0.717, 1.165) is 4.68 Å². The Labute approximate surface area is 158 Å². The summed E-state index contributed by atoms with van der Waals surface area (Å²) in [6.07, 6.45) is 1.38. The van der Waals surface area contributed by atoms with E-state index in [9.17, 15) is 19.7 Å². The Kier molecular flexibility index (Phi) is 7.37. The molecule has 1 aromatic heterocycles. The minimum atomic E-state index is -1.56. The second-order valence-corrected chi connectivity index (χ2v) is 6.51. The van der Waals surface area contributed by atoms with Gasteiger partial charge in [-0.3, -0.25) is 19.5 Å². The Morgan fingerprint density at radius 2 is 1.81 bits per heavy atom. The lowest BCUT2D eigenvalue weighted by atomic mass is 10.0. The van der Waals surface area contributed by atoms with Crippen molar-refractivity contribution in [2.45, 2.75) is 38.8 Å². The highest BCUT2D eigenvalue weighted by Crippen LogP contribution is 2.28. The third-order valence-electron chi connectivity index (χ3n) is 4.19. The third kappa shape index (κ3) is 4.22. The van der Waals surface area contributed by atoms with Crippen molar-refractivity contribution in [1.82, 2.24) is 29.7 Å². The summed E-state index contributed by atoms with van der Waals surface area (Å²) in [7, 11) is 6.53. The number of hydrazine groups is 1. The predicted octanol–water partition coefficient (Wildman–Crippen LogP) is 0.0149. The Hall–Kier alpha value is -2.60. The number of nitrogens with two attached hydrogens (primary N) is 1. The second kappa shape index (κ2) is 8.86. The van der Waals surface area contributed by atoms with Gasteiger partial charge in [0.2, 0.25) is 5.66 Å². The van der Waals surface area contributed by atoms with Crippen molar-refractivity contribution in [3.8, 4) is 0 Å². The van der Waals surface area contributed by atoms with Gasteiger partial charge in [-0.2, -0.15) is 0 Å². The molecule has 0 aliphatic rings. The first-order valence-electron chi connectivity index (χ1n) is 8.62. The molecule has 0 aliphatic carbocycles. The molecule has 0 fully saturated rings. The van der Waals surface area contributed by atoms with E-state index >= 15 is 0 Å². The summed E-state index contributed by atoms with van der Waals surface area (Å²) in [4.78, 5) is 41.3. The minimum absolute atomic E-state index is 0.200. The molecule has 2 amide bonds. The zero-order chi connectivity index (χ0) is 20.9. The highest BCUT2D eigenvalue weighted by atomic mass is 16.6. The molecule has 0 saturated heterocycles. The molecule has 1 aromatic rings. The van der Waals surface area contributed by atoms with Gasteiger partial charge in [-0.15, -0.1) is 4.68 Å². The zero-order valence-corrected chi connectivity index (χ0v) is 16.7. The Bertz CT molecular complexity index is 702. The molecule has 1 unspecified atom stereocenters. The second-order valence-electron chi connectivity index (χ2n) is 6.51. The molecule has 0 bridgehead atoms. The monoisotopic (exact) mass is 384 g/mol. The topological polar surface area (TPSA) is 144 Å². The number of nitro groups is 1. The van der Waals surface area contributed by atoms with E-state index in [1.165, 1.54) is 9.91 Å². The summed E-state index contributed by atoms with van der Waals surface area (Å²) in [5, 5.41) is 18.0. The van der Waals surface area contributed by atoms with Crippen LogP contribution in [-0.2, 0) is 10.5 Å². The lowest BCUT2D eigenvalue weighted by molar-refractivity contribution is -0.394. The first-order chi connectivity index (χ1) is 12.5. The van der Waals surface area contributed by atoms with Gasteiger partial charge in [-0.25, -0.2) is 5.01 Å². The van der Waals surface area contributed by atoms with Gasteiger partial charge >= 0.3 is 17.7 Å². The summed E-state index contributed by atoms with van der Waals surface area (Å²) in [6, 6.07) is 0. The van der Waals surface area contributed by atoms with Crippen LogP contribution in [-0.4, -0.2) is 81.2 Å². The van der Waals surface area contributed by atoms with Crippen molar-refractivity contribution in [2.75, 3.05) is 34.7 Å². The normalized spacial score (nSPS) is 13.6. The van der Waals surface area contributed by atoms with Crippen LogP contribution in [0.1, 0.15) is 43.7 Å². The van der Waals surface area contributed by atoms with Crippen LogP contribution in [0, 0.1) is 10.1 Å². The van der Waals surface area contributed by atoms with Crippen LogP contribution in [0.2, 0.25) is 0 Å². The minimum Gasteiger partial charge on any atom is -0.390 e. The first kappa shape index (κ1) is 22.4. The summed E-state index contributed by atoms with van der Waals surface area (Å²) in [6.45, 7) is 4.09. The van der Waals surface area contributed by atoms with E-state index in [1.807, 2.05) is 13.8 Å². The van der Waals surface area contributed by atoms with Crippen molar-refractivity contribution in [1.29, 1.82) is 0 Å². The van der Waals surface area contributed by atoms with Gasteiger partial charge in [0.1, 0.15) is 0 Å². The quantitative estimate of drug-likeness (QED) is 0.439. The molecular formula is C15H28N8O4. The van der Waals surface area contributed by atoms with E-state index < -0.39 is 28.3 Å². The molecule has 0 radical (unpaired) electrons. The zero-order valence-electron chi connectivity index (χ0n) is 16.7. The number of likely N-dealkylation sites (N-methyl/N-ethyl adjacent to an activating group) is 1. The van der Waals surface area contributed by atoms with Crippen LogP contribution >= 0.6 is 0 Å². The van der Waals surface area contributed by atoms with Crippen LogP contribution in [0.3, 0.4) is 0 Å². The molecule has 0 aromatic carbocycles. The van der Waals surface area contributed by atoms with Crippen molar-refractivity contribution < 1.29 is 14.5 Å². The van der Waals surface area contributed by atoms with Crippen LogP contribution in [0.5, 0.6) is 0 Å². The summed E-state index contributed by atoms with van der Waals surface area (Å²) in [5.41, 5.74) is 4.10. The Morgan fingerprint density at radius 3 is 2.19 bits per heavy atom. The molecular weight excluding hydrogens is 356 g/mol. The summed E-state index contributed by atoms with van der Waals surface area (Å²) in [5.74, 6) is -2.47. The van der Waals surface area contributed by atoms with E-state index in [0.29, 0.717) is 19.4 Å². The number of amides is 2. The summed E-state index contributed by atoms with van der Waals surface area (Å²) >= 11 is 0. The van der Waals surface area contributed by atoms with Gasteiger partial charge in [0.25, 0.3) is 5.91 Å². The smallest absolute Gasteiger partial charge is 0.390 e. The largest absolute Gasteiger partial charge is 0.491 e. The van der Waals surface area contributed by atoms with E-state index in [1.54, 1.807) is 33.2 Å². The number of nitrogens with zero attached hydrogens (tertiary/aromatic N) is 7. The number of aromatic nitrogens is 3. The third-order valence-corrected chi connectivity index (χ3v) is 4.19. The lowest BCUT2D eigenvalue weighted by Crippen LogP contribution is -2.58. The van der Waals surface area contributed by atoms with Crippen LogP contribution in [0.4, 0.5) is 5.95 Å². The van der Waals surface area contributed by atoms with Gasteiger partial charge in [0.15, 0.2) is 0 Å². The number of carbonyl (C=O) groups excluding carboxylic acids is 2. The molecule has 12 heteroatoms. The van der Waals surface area contributed by atoms with Crippen molar-refractivity contribution in [3.05, 3.63) is 15.9 Å². The molecule has 152 valence electrons. The maximum Gasteiger partial charge on any atom is 0.491 e. The first-order valence-corrected chi connectivity index (χ1v) is 8.62. The number of rotatable bonds is 10. The highest BCUT2D eigenvalue weighted by Gasteiger charge is 2.49. The molecule has 12 nitrogen and oxygen atoms in total. The average Bonchev–Trinajstić information content (AvgIpc) is 3.01. The van der Waals surface area contributed by atoms with Crippen LogP contribution in [0.15, 0.2) is 0 Å². The molecule has 0 spiro atoms. The fourth-order valence-corrected chi connectivity index (χ4v) is 2.90. The Balaban J connectivity index is 3.74. The lowest BCUT2D eigenvalue weighted by Gasteiger charge is -2.35. The van der Waals surface area contributed by atoms with Gasteiger partial charge in [0, 0.05) is 25.7 Å². The molecule has 0 saturated carbocycles. The molecule has 27 heavy (non-hydrogen) atoms. The van der Waals surface area contributed by atoms with Crippen molar-refractivity contribution in [2.24, 2.45) is 5.73 Å². The van der Waals surface area contributed by atoms with E-state index in [-0.39, 0.29) is 12.2 Å². The van der Waals surface area contributed by atoms with Gasteiger partial charge in [-0.1, -0.05) is 20.3 Å². The van der Waals surface area contributed by atoms with Gasteiger partial charge in [0.05, 0.1) is 0 Å². The Morgan fingerprint density at radius 1 is 1.22 bits per heavy atom. The van der Waals surface area contributed by atoms with Crippen LogP contribution < -0.4 is 5.73 Å². The number of hydrogen-bond acceptors (Lipinski definition) is 8. The SMILES string of the molecule is CCCN(C(=O)c1nc([N+](=O)[O-])nn1C(CCC)(C(N)=O)N(C)C)N(C)C. The average molecular weight is 384 g/mol. The predicted molar refractivity (Wildman–Crippen MR) is 97.5 cm³/mol. The molecule has 1 atom stereocenters. The maximum atomic E-state index is 13.1. The summed E-state index contributed by atoms with van der Waals surface area (Å²) < 4.78 is 0.992. The van der Waals surface area contributed by atoms with Gasteiger partial charge in [-0.05, 0) is 36.8 Å². The molecule has 2 N–H and O–H groups in total. The fraction of sp³-hybridized carbons (Fsp3) is 0.733. The van der Waals surface area contributed by atoms with Crippen molar-refractivity contribution >= 4 is 17.8 Å². The number of primary amides is 1. The standard InChI is InChI=1S/C15H28N8O4/c1-7-9-15(13(16)25,19(3)4)22-11(17-14(18-22)23(26)27)12(24)21(10-8-2)20(5)6/h7-10H2,1-6H3,(H2,16,25). The molecule has 0 aliphatic heterocycles. The molecule has 1 rings (SSSR count). The van der Waals surface area contributed by atoms with E-state index in [2.05, 4.69) is 10.1 Å². The van der Waals surface area contributed by atoms with Crippen molar-refractivity contribution in [3.63, 3.8) is 0 Å².